The minimum Gasteiger partial charge on any atom is -0.508 e. The fourth-order valence-electron chi connectivity index (χ4n) is 1.93. The number of hydrogen-bond acceptors (Lipinski definition) is 2. The number of rotatable bonds is 4. The number of nitrogens with one attached hydrogen (secondary N) is 1. The van der Waals surface area contributed by atoms with Crippen molar-refractivity contribution in [2.45, 2.75) is 19.4 Å². The van der Waals surface area contributed by atoms with Crippen molar-refractivity contribution in [1.29, 1.82) is 0 Å². The lowest BCUT2D eigenvalue weighted by molar-refractivity contribution is 0.475. The molecule has 0 aliphatic carbocycles. The summed E-state index contributed by atoms with van der Waals surface area (Å²) in [6.45, 7) is 2.11. The second-order valence-corrected chi connectivity index (χ2v) is 5.50. The summed E-state index contributed by atoms with van der Waals surface area (Å²) in [7, 11) is 0. The molecule has 0 saturated carbocycles. The van der Waals surface area contributed by atoms with Crippen LogP contribution in [0.25, 0.3) is 0 Å². The minimum atomic E-state index is 0.176. The van der Waals surface area contributed by atoms with Crippen LogP contribution in [0.5, 0.6) is 5.75 Å². The van der Waals surface area contributed by atoms with Gasteiger partial charge in [0.2, 0.25) is 0 Å². The van der Waals surface area contributed by atoms with Crippen molar-refractivity contribution >= 4 is 33.2 Å². The Morgan fingerprint density at radius 3 is 2.53 bits per heavy atom. The minimum absolute atomic E-state index is 0.176. The molecule has 2 aromatic carbocycles. The first-order chi connectivity index (χ1) is 9.11. The molecular formula is C15H15BrClNO. The molecule has 2 aromatic rings. The molecular weight excluding hydrogens is 326 g/mol. The van der Waals surface area contributed by atoms with Gasteiger partial charge in [-0.1, -0.05) is 36.7 Å². The van der Waals surface area contributed by atoms with Crippen LogP contribution in [-0.2, 0) is 0 Å². The standard InChI is InChI=1S/C15H15BrClNO/c1-2-13(10-6-8-11(19)9-7-10)18-14-5-3-4-12(17)15(14)16/h3-9,13,18-19H,2H2,1H3. The lowest BCUT2D eigenvalue weighted by Crippen LogP contribution is -2.09. The molecule has 4 heteroatoms. The average Bonchev–Trinajstić information content (AvgIpc) is 2.42. The van der Waals surface area contributed by atoms with Gasteiger partial charge in [0.15, 0.2) is 0 Å². The van der Waals surface area contributed by atoms with Gasteiger partial charge in [0, 0.05) is 0 Å². The van der Waals surface area contributed by atoms with E-state index in [1.165, 1.54) is 0 Å². The number of anilines is 1. The van der Waals surface area contributed by atoms with E-state index in [1.807, 2.05) is 30.3 Å². The quantitative estimate of drug-likeness (QED) is 0.784. The monoisotopic (exact) mass is 339 g/mol. The number of phenols is 1. The average molecular weight is 341 g/mol. The predicted octanol–water partition coefficient (Wildman–Crippen LogP) is 5.37. The van der Waals surface area contributed by atoms with E-state index in [0.29, 0.717) is 5.02 Å². The van der Waals surface area contributed by atoms with Gasteiger partial charge in [-0.2, -0.15) is 0 Å². The van der Waals surface area contributed by atoms with E-state index in [9.17, 15) is 5.11 Å². The highest BCUT2D eigenvalue weighted by atomic mass is 79.9. The van der Waals surface area contributed by atoms with E-state index in [2.05, 4.69) is 28.2 Å². The smallest absolute Gasteiger partial charge is 0.115 e. The molecule has 0 aliphatic rings. The topological polar surface area (TPSA) is 32.3 Å². The SMILES string of the molecule is CCC(Nc1cccc(Cl)c1Br)c1ccc(O)cc1. The van der Waals surface area contributed by atoms with Crippen LogP contribution in [0, 0.1) is 0 Å². The number of phenolic OH excluding ortho intramolecular Hbond substituents is 1. The molecule has 0 heterocycles. The Balaban J connectivity index is 2.24. The zero-order chi connectivity index (χ0) is 13.8. The van der Waals surface area contributed by atoms with Crippen molar-refractivity contribution < 1.29 is 5.11 Å². The van der Waals surface area contributed by atoms with Crippen molar-refractivity contribution in [2.75, 3.05) is 5.32 Å². The van der Waals surface area contributed by atoms with E-state index < -0.39 is 0 Å². The summed E-state index contributed by atoms with van der Waals surface area (Å²) in [5.41, 5.74) is 2.10. The van der Waals surface area contributed by atoms with E-state index in [0.717, 1.165) is 22.1 Å². The number of halogens is 2. The van der Waals surface area contributed by atoms with Gasteiger partial charge < -0.3 is 10.4 Å². The summed E-state index contributed by atoms with van der Waals surface area (Å²) in [5.74, 6) is 0.280. The van der Waals surface area contributed by atoms with Crippen LogP contribution in [-0.4, -0.2) is 5.11 Å². The van der Waals surface area contributed by atoms with Crippen LogP contribution >= 0.6 is 27.5 Å². The maximum Gasteiger partial charge on any atom is 0.115 e. The lowest BCUT2D eigenvalue weighted by atomic mass is 10.0. The van der Waals surface area contributed by atoms with Gasteiger partial charge in [0.25, 0.3) is 0 Å². The van der Waals surface area contributed by atoms with Gasteiger partial charge in [-0.25, -0.2) is 0 Å². The molecule has 2 rings (SSSR count). The van der Waals surface area contributed by atoms with E-state index in [1.54, 1.807) is 12.1 Å². The Morgan fingerprint density at radius 2 is 1.89 bits per heavy atom. The van der Waals surface area contributed by atoms with Crippen LogP contribution in [0.2, 0.25) is 5.02 Å². The summed E-state index contributed by atoms with van der Waals surface area (Å²) in [6.07, 6.45) is 0.934. The molecule has 0 saturated heterocycles. The van der Waals surface area contributed by atoms with Crippen LogP contribution in [0.15, 0.2) is 46.9 Å². The van der Waals surface area contributed by atoms with Crippen LogP contribution in [0.4, 0.5) is 5.69 Å². The summed E-state index contributed by atoms with van der Waals surface area (Å²) in [5, 5.41) is 13.5. The summed E-state index contributed by atoms with van der Waals surface area (Å²) in [6, 6.07) is 13.2. The maximum atomic E-state index is 9.34. The Kier molecular flexibility index (Phi) is 4.72. The van der Waals surface area contributed by atoms with Crippen molar-refractivity contribution in [1.82, 2.24) is 0 Å². The van der Waals surface area contributed by atoms with Gasteiger partial charge in [0.1, 0.15) is 5.75 Å². The molecule has 2 nitrogen and oxygen atoms in total. The van der Waals surface area contributed by atoms with Crippen LogP contribution in [0.1, 0.15) is 24.9 Å². The molecule has 0 amide bonds. The van der Waals surface area contributed by atoms with E-state index in [4.69, 9.17) is 11.6 Å². The first-order valence-corrected chi connectivity index (χ1v) is 7.28. The molecule has 0 spiro atoms. The first-order valence-electron chi connectivity index (χ1n) is 6.11. The Hall–Kier alpha value is -1.19. The van der Waals surface area contributed by atoms with Crippen molar-refractivity contribution in [3.05, 3.63) is 57.5 Å². The molecule has 19 heavy (non-hydrogen) atoms. The second-order valence-electron chi connectivity index (χ2n) is 4.30. The Bertz CT molecular complexity index is 557. The highest BCUT2D eigenvalue weighted by Gasteiger charge is 2.11. The second kappa shape index (κ2) is 6.31. The van der Waals surface area contributed by atoms with Gasteiger partial charge in [0.05, 0.1) is 21.2 Å². The van der Waals surface area contributed by atoms with Crippen molar-refractivity contribution in [2.24, 2.45) is 0 Å². The summed E-state index contributed by atoms with van der Waals surface area (Å²) in [4.78, 5) is 0. The van der Waals surface area contributed by atoms with Gasteiger partial charge in [-0.3, -0.25) is 0 Å². The third-order valence-electron chi connectivity index (χ3n) is 2.99. The molecule has 0 aromatic heterocycles. The van der Waals surface area contributed by atoms with Gasteiger partial charge in [-0.05, 0) is 52.2 Å². The van der Waals surface area contributed by atoms with Crippen molar-refractivity contribution in [3.63, 3.8) is 0 Å². The van der Waals surface area contributed by atoms with Crippen LogP contribution in [0.3, 0.4) is 0 Å². The maximum absolute atomic E-state index is 9.34. The number of hydrogen-bond donors (Lipinski definition) is 2. The van der Waals surface area contributed by atoms with Crippen LogP contribution < -0.4 is 5.32 Å². The molecule has 0 radical (unpaired) electrons. The fourth-order valence-corrected chi connectivity index (χ4v) is 2.48. The molecule has 0 aliphatic heterocycles. The van der Waals surface area contributed by atoms with E-state index in [-0.39, 0.29) is 11.8 Å². The molecule has 2 N–H and O–H groups in total. The lowest BCUT2D eigenvalue weighted by Gasteiger charge is -2.20. The highest BCUT2D eigenvalue weighted by molar-refractivity contribution is 9.10. The normalized spacial score (nSPS) is 12.2. The van der Waals surface area contributed by atoms with Crippen molar-refractivity contribution in [3.8, 4) is 5.75 Å². The predicted molar refractivity (Wildman–Crippen MR) is 83.9 cm³/mol. The summed E-state index contributed by atoms with van der Waals surface area (Å²) >= 11 is 9.57. The Labute approximate surface area is 126 Å². The largest absolute Gasteiger partial charge is 0.508 e. The molecule has 100 valence electrons. The third kappa shape index (κ3) is 3.43. The zero-order valence-corrected chi connectivity index (χ0v) is 12.9. The zero-order valence-electron chi connectivity index (χ0n) is 10.5. The summed E-state index contributed by atoms with van der Waals surface area (Å²) < 4.78 is 0.869. The molecule has 0 fully saturated rings. The van der Waals surface area contributed by atoms with E-state index >= 15 is 0 Å². The molecule has 0 bridgehead atoms. The highest BCUT2D eigenvalue weighted by Crippen LogP contribution is 2.33. The number of aromatic hydroxyl groups is 1. The van der Waals surface area contributed by atoms with Gasteiger partial charge >= 0.3 is 0 Å². The molecule has 1 atom stereocenters. The third-order valence-corrected chi connectivity index (χ3v) is 4.38. The molecule has 1 unspecified atom stereocenters. The number of benzene rings is 2. The van der Waals surface area contributed by atoms with Gasteiger partial charge in [-0.15, -0.1) is 0 Å². The Morgan fingerprint density at radius 1 is 1.21 bits per heavy atom. The first kappa shape index (κ1) is 14.2. The fraction of sp³-hybridized carbons (Fsp3) is 0.200.